The highest BCUT2D eigenvalue weighted by Crippen LogP contribution is 2.44. The number of primary amides is 1. The second-order valence-electron chi connectivity index (χ2n) is 7.31. The van der Waals surface area contributed by atoms with E-state index in [1.54, 1.807) is 24.9 Å². The molecule has 4 heterocycles. The number of halogens is 4. The Morgan fingerprint density at radius 2 is 2.00 bits per heavy atom. The van der Waals surface area contributed by atoms with Gasteiger partial charge in [0.25, 0.3) is 11.8 Å². The van der Waals surface area contributed by atoms with Gasteiger partial charge in [-0.2, -0.15) is 23.4 Å². The smallest absolute Gasteiger partial charge is 0.365 e. The second-order valence-corrected chi connectivity index (χ2v) is 9.47. The number of nitrogens with two attached hydrogens (primary N) is 1. The van der Waals surface area contributed by atoms with Crippen LogP contribution in [0.25, 0.3) is 21.3 Å². The first kappa shape index (κ1) is 24.1. The molecule has 4 aromatic rings. The summed E-state index contributed by atoms with van der Waals surface area (Å²) in [6.07, 6.45) is -1.63. The molecule has 4 rings (SSSR count). The normalized spacial score (nSPS) is 11.9. The minimum atomic E-state index is -4.73. The molecule has 0 radical (unpaired) electrons. The van der Waals surface area contributed by atoms with Crippen LogP contribution in [0.2, 0.25) is 0 Å². The second kappa shape index (κ2) is 8.65. The van der Waals surface area contributed by atoms with E-state index in [-0.39, 0.29) is 32.0 Å². The highest BCUT2D eigenvalue weighted by Gasteiger charge is 2.35. The van der Waals surface area contributed by atoms with Gasteiger partial charge in [-0.1, -0.05) is 0 Å². The van der Waals surface area contributed by atoms with Gasteiger partial charge in [0.1, 0.15) is 21.1 Å². The van der Waals surface area contributed by atoms with E-state index < -0.39 is 23.7 Å². The van der Waals surface area contributed by atoms with Crippen LogP contribution in [0.1, 0.15) is 38.5 Å². The Labute approximate surface area is 208 Å². The lowest BCUT2D eigenvalue weighted by atomic mass is 10.0. The molecule has 0 aliphatic carbocycles. The zero-order valence-electron chi connectivity index (χ0n) is 18.0. The average Bonchev–Trinajstić information content (AvgIpc) is 3.41. The third-order valence-corrected chi connectivity index (χ3v) is 6.97. The Kier molecular flexibility index (Phi) is 6.14. The van der Waals surface area contributed by atoms with Crippen molar-refractivity contribution in [3.05, 3.63) is 44.0 Å². The van der Waals surface area contributed by atoms with Gasteiger partial charge in [0.2, 0.25) is 0 Å². The summed E-state index contributed by atoms with van der Waals surface area (Å²) in [6, 6.07) is 0.896. The molecule has 0 atom stereocenters. The van der Waals surface area contributed by atoms with Crippen LogP contribution < -0.4 is 11.1 Å². The van der Waals surface area contributed by atoms with Gasteiger partial charge in [0, 0.05) is 30.7 Å². The minimum Gasteiger partial charge on any atom is -0.365 e. The largest absolute Gasteiger partial charge is 0.433 e. The van der Waals surface area contributed by atoms with Crippen molar-refractivity contribution in [2.45, 2.75) is 26.6 Å². The SMILES string of the molecule is CCn1cc(-c2cc(C(F)(F)F)nc3sc(C(N)=O)c(NC(=O)c4c(I)cnn4C)c23)c(C)n1. The van der Waals surface area contributed by atoms with Crippen LogP contribution >= 0.6 is 33.9 Å². The maximum Gasteiger partial charge on any atom is 0.433 e. The summed E-state index contributed by atoms with van der Waals surface area (Å²) in [5.41, 5.74) is 5.64. The molecule has 0 saturated carbocycles. The fraction of sp³-hybridized carbons (Fsp3) is 0.250. The number of hydrogen-bond donors (Lipinski definition) is 2. The van der Waals surface area contributed by atoms with E-state index in [1.165, 1.54) is 10.9 Å². The lowest BCUT2D eigenvalue weighted by molar-refractivity contribution is -0.140. The molecule has 9 nitrogen and oxygen atoms in total. The lowest BCUT2D eigenvalue weighted by Gasteiger charge is -2.12. The summed E-state index contributed by atoms with van der Waals surface area (Å²) in [5.74, 6) is -1.50. The number of amides is 2. The molecule has 0 unspecified atom stereocenters. The molecule has 0 fully saturated rings. The van der Waals surface area contributed by atoms with Crippen LogP contribution in [0.15, 0.2) is 18.5 Å². The lowest BCUT2D eigenvalue weighted by Crippen LogP contribution is -2.20. The van der Waals surface area contributed by atoms with Crippen molar-refractivity contribution in [1.82, 2.24) is 24.5 Å². The molecule has 0 aromatic carbocycles. The average molecular weight is 603 g/mol. The van der Waals surface area contributed by atoms with E-state index in [0.717, 1.165) is 6.07 Å². The first-order chi connectivity index (χ1) is 15.9. The molecular formula is C20H17F3IN7O2S. The zero-order valence-corrected chi connectivity index (χ0v) is 21.0. The van der Waals surface area contributed by atoms with Gasteiger partial charge in [-0.05, 0) is 48.1 Å². The number of aryl methyl sites for hydroxylation is 3. The van der Waals surface area contributed by atoms with Gasteiger partial charge in [-0.15, -0.1) is 11.3 Å². The van der Waals surface area contributed by atoms with Crippen LogP contribution in [0.3, 0.4) is 0 Å². The van der Waals surface area contributed by atoms with Gasteiger partial charge in [-0.3, -0.25) is 19.0 Å². The van der Waals surface area contributed by atoms with Gasteiger partial charge in [-0.25, -0.2) is 4.98 Å². The van der Waals surface area contributed by atoms with Crippen LogP contribution in [0.5, 0.6) is 0 Å². The Bertz CT molecular complexity index is 1440. The zero-order chi connectivity index (χ0) is 24.9. The Morgan fingerprint density at radius 3 is 2.53 bits per heavy atom. The first-order valence-electron chi connectivity index (χ1n) is 9.80. The molecule has 14 heteroatoms. The van der Waals surface area contributed by atoms with E-state index in [2.05, 4.69) is 20.5 Å². The number of nitrogens with zero attached hydrogens (tertiary/aromatic N) is 5. The molecule has 0 bridgehead atoms. The van der Waals surface area contributed by atoms with Crippen LogP contribution in [-0.4, -0.2) is 36.4 Å². The topological polar surface area (TPSA) is 121 Å². The predicted molar refractivity (Wildman–Crippen MR) is 129 cm³/mol. The number of carbonyl (C=O) groups is 2. The van der Waals surface area contributed by atoms with Gasteiger partial charge < -0.3 is 11.1 Å². The Hall–Kier alpha value is -3.01. The third-order valence-electron chi connectivity index (χ3n) is 5.08. The molecule has 0 saturated heterocycles. The molecule has 178 valence electrons. The number of fused-ring (bicyclic) bond motifs is 1. The maximum absolute atomic E-state index is 13.7. The molecule has 34 heavy (non-hydrogen) atoms. The number of anilines is 1. The first-order valence-corrected chi connectivity index (χ1v) is 11.7. The summed E-state index contributed by atoms with van der Waals surface area (Å²) < 4.78 is 44.5. The van der Waals surface area contributed by atoms with Crippen molar-refractivity contribution < 1.29 is 22.8 Å². The molecule has 0 aliphatic rings. The van der Waals surface area contributed by atoms with Crippen LogP contribution in [-0.2, 0) is 19.8 Å². The Morgan fingerprint density at radius 1 is 1.29 bits per heavy atom. The third kappa shape index (κ3) is 4.15. The number of thiophene rings is 1. The number of aromatic nitrogens is 5. The number of rotatable bonds is 5. The van der Waals surface area contributed by atoms with E-state index in [4.69, 9.17) is 5.73 Å². The summed E-state index contributed by atoms with van der Waals surface area (Å²) in [4.78, 5) is 28.9. The fourth-order valence-electron chi connectivity index (χ4n) is 3.53. The van der Waals surface area contributed by atoms with Crippen molar-refractivity contribution in [3.8, 4) is 11.1 Å². The standard InChI is InChI=1S/C20H17F3IN7O2S/c1-4-31-7-10(8(2)29-31)9-5-12(20(21,22)23)27-19-13(9)14(16(34-19)17(25)32)28-18(33)15-11(24)6-26-30(15)3/h5-7H,4H2,1-3H3,(H2,25,32)(H,28,33). The van der Waals surface area contributed by atoms with Crippen molar-refractivity contribution >= 4 is 61.6 Å². The summed E-state index contributed by atoms with van der Waals surface area (Å²) in [5, 5.41) is 11.2. The predicted octanol–water partition coefficient (Wildman–Crippen LogP) is 4.20. The molecule has 4 aromatic heterocycles. The highest BCUT2D eigenvalue weighted by atomic mass is 127. The van der Waals surface area contributed by atoms with Crippen LogP contribution in [0, 0.1) is 10.5 Å². The molecule has 2 amide bonds. The maximum atomic E-state index is 13.7. The number of pyridine rings is 1. The monoisotopic (exact) mass is 603 g/mol. The van der Waals surface area contributed by atoms with Crippen molar-refractivity contribution in [2.75, 3.05) is 5.32 Å². The van der Waals surface area contributed by atoms with Gasteiger partial charge >= 0.3 is 6.18 Å². The van der Waals surface area contributed by atoms with Crippen molar-refractivity contribution in [1.29, 1.82) is 0 Å². The molecular weight excluding hydrogens is 586 g/mol. The van der Waals surface area contributed by atoms with E-state index >= 15 is 0 Å². The number of carbonyl (C=O) groups excluding carboxylic acids is 2. The minimum absolute atomic E-state index is 0.00521. The fourth-order valence-corrected chi connectivity index (χ4v) is 5.26. The highest BCUT2D eigenvalue weighted by molar-refractivity contribution is 14.1. The number of nitrogens with one attached hydrogen (secondary N) is 1. The van der Waals surface area contributed by atoms with E-state index in [0.29, 0.717) is 32.7 Å². The van der Waals surface area contributed by atoms with Crippen molar-refractivity contribution in [2.24, 2.45) is 12.8 Å². The summed E-state index contributed by atoms with van der Waals surface area (Å²) >= 11 is 2.62. The van der Waals surface area contributed by atoms with E-state index in [1.807, 2.05) is 29.5 Å². The summed E-state index contributed by atoms with van der Waals surface area (Å²) in [6.45, 7) is 4.01. The van der Waals surface area contributed by atoms with Gasteiger partial charge in [0.05, 0.1) is 21.1 Å². The molecule has 0 spiro atoms. The van der Waals surface area contributed by atoms with Gasteiger partial charge in [0.15, 0.2) is 0 Å². The molecule has 0 aliphatic heterocycles. The number of alkyl halides is 3. The summed E-state index contributed by atoms with van der Waals surface area (Å²) in [7, 11) is 1.57. The number of hydrogen-bond acceptors (Lipinski definition) is 6. The quantitative estimate of drug-likeness (QED) is 0.332. The van der Waals surface area contributed by atoms with E-state index in [9.17, 15) is 22.8 Å². The van der Waals surface area contributed by atoms with Crippen LogP contribution in [0.4, 0.5) is 18.9 Å². The Balaban J connectivity index is 2.03. The molecule has 3 N–H and O–H groups in total. The van der Waals surface area contributed by atoms with Crippen molar-refractivity contribution in [3.63, 3.8) is 0 Å².